The first-order valence-corrected chi connectivity index (χ1v) is 8.20. The molecule has 0 unspecified atom stereocenters. The number of aromatic nitrogens is 2. The molecule has 5 nitrogen and oxygen atoms in total. The number of methoxy groups -OCH3 is 1. The van der Waals surface area contributed by atoms with Crippen LogP contribution in [0.3, 0.4) is 0 Å². The van der Waals surface area contributed by atoms with E-state index in [-0.39, 0.29) is 5.91 Å². The first kappa shape index (κ1) is 16.4. The molecule has 0 spiro atoms. The van der Waals surface area contributed by atoms with E-state index in [9.17, 15) is 4.79 Å². The van der Waals surface area contributed by atoms with Gasteiger partial charge >= 0.3 is 0 Å². The monoisotopic (exact) mass is 319 g/mol. The van der Waals surface area contributed by atoms with Gasteiger partial charge in [0.2, 0.25) is 11.0 Å². The molecule has 118 valence electrons. The lowest BCUT2D eigenvalue weighted by molar-refractivity contribution is -0.115. The maximum atomic E-state index is 12.0. The fraction of sp³-hybridized carbons (Fsp3) is 0.438. The average molecular weight is 319 g/mol. The van der Waals surface area contributed by atoms with Crippen molar-refractivity contribution in [3.63, 3.8) is 0 Å². The van der Waals surface area contributed by atoms with Crippen molar-refractivity contribution in [2.45, 2.75) is 39.0 Å². The van der Waals surface area contributed by atoms with Gasteiger partial charge in [-0.05, 0) is 24.1 Å². The molecule has 0 fully saturated rings. The summed E-state index contributed by atoms with van der Waals surface area (Å²) >= 11 is 1.45. The van der Waals surface area contributed by atoms with E-state index >= 15 is 0 Å². The number of carbonyl (C=O) groups excluding carboxylic acids is 1. The van der Waals surface area contributed by atoms with E-state index in [0.717, 1.165) is 29.2 Å². The predicted octanol–water partition coefficient (Wildman–Crippen LogP) is 3.63. The Balaban J connectivity index is 1.91. The van der Waals surface area contributed by atoms with Gasteiger partial charge in [0.05, 0.1) is 13.5 Å². The summed E-state index contributed by atoms with van der Waals surface area (Å²) in [6, 6.07) is 7.46. The minimum atomic E-state index is -0.0870. The van der Waals surface area contributed by atoms with Crippen molar-refractivity contribution < 1.29 is 9.53 Å². The molecular weight excluding hydrogens is 298 g/mol. The lowest BCUT2D eigenvalue weighted by Crippen LogP contribution is -2.14. The number of anilines is 1. The molecule has 6 heteroatoms. The van der Waals surface area contributed by atoms with Crippen molar-refractivity contribution in [2.75, 3.05) is 12.4 Å². The second-order valence-electron chi connectivity index (χ2n) is 5.21. The summed E-state index contributed by atoms with van der Waals surface area (Å²) in [5.74, 6) is 1.08. The summed E-state index contributed by atoms with van der Waals surface area (Å²) in [6.07, 6.45) is 2.50. The van der Waals surface area contributed by atoms with Crippen LogP contribution in [0.1, 0.15) is 43.2 Å². The molecule has 0 aliphatic rings. The minimum absolute atomic E-state index is 0.0870. The van der Waals surface area contributed by atoms with Crippen LogP contribution >= 0.6 is 11.3 Å². The van der Waals surface area contributed by atoms with Crippen LogP contribution < -0.4 is 10.1 Å². The van der Waals surface area contributed by atoms with Gasteiger partial charge in [0, 0.05) is 5.92 Å². The molecule has 2 rings (SSSR count). The highest BCUT2D eigenvalue weighted by molar-refractivity contribution is 7.15. The predicted molar refractivity (Wildman–Crippen MR) is 88.6 cm³/mol. The molecule has 2 aromatic rings. The maximum Gasteiger partial charge on any atom is 0.230 e. The highest BCUT2D eigenvalue weighted by Gasteiger charge is 2.13. The van der Waals surface area contributed by atoms with Crippen LogP contribution in [0, 0.1) is 0 Å². The molecule has 0 aliphatic heterocycles. The molecule has 0 saturated heterocycles. The Bertz CT molecular complexity index is 610. The van der Waals surface area contributed by atoms with E-state index in [0.29, 0.717) is 17.5 Å². The van der Waals surface area contributed by atoms with Gasteiger partial charge in [-0.15, -0.1) is 10.2 Å². The first-order chi connectivity index (χ1) is 10.6. The van der Waals surface area contributed by atoms with Gasteiger partial charge in [-0.25, -0.2) is 0 Å². The highest BCUT2D eigenvalue weighted by atomic mass is 32.1. The van der Waals surface area contributed by atoms with E-state index < -0.39 is 0 Å². The quantitative estimate of drug-likeness (QED) is 0.846. The Hall–Kier alpha value is -1.95. The van der Waals surface area contributed by atoms with Crippen LogP contribution in [0.2, 0.25) is 0 Å². The Morgan fingerprint density at radius 3 is 2.68 bits per heavy atom. The van der Waals surface area contributed by atoms with Crippen LogP contribution in [-0.2, 0) is 11.2 Å². The third-order valence-corrected chi connectivity index (χ3v) is 4.42. The number of nitrogens with zero attached hydrogens (tertiary/aromatic N) is 2. The number of rotatable bonds is 7. The summed E-state index contributed by atoms with van der Waals surface area (Å²) in [4.78, 5) is 12.0. The molecule has 0 saturated carbocycles. The number of hydrogen-bond acceptors (Lipinski definition) is 5. The molecule has 0 aliphatic carbocycles. The molecule has 1 atom stereocenters. The number of amides is 1. The van der Waals surface area contributed by atoms with E-state index in [1.54, 1.807) is 7.11 Å². The molecule has 1 amide bonds. The van der Waals surface area contributed by atoms with Crippen LogP contribution in [-0.4, -0.2) is 23.2 Å². The van der Waals surface area contributed by atoms with Gasteiger partial charge in [-0.2, -0.15) is 0 Å². The van der Waals surface area contributed by atoms with Crippen molar-refractivity contribution in [2.24, 2.45) is 0 Å². The van der Waals surface area contributed by atoms with Gasteiger partial charge in [0.1, 0.15) is 10.8 Å². The SMILES string of the molecule is CCC[C@H](C)c1nnc(NC(=O)Cc2ccc(OC)cc2)s1. The number of hydrogen-bond donors (Lipinski definition) is 1. The topological polar surface area (TPSA) is 64.1 Å². The average Bonchev–Trinajstić information content (AvgIpc) is 2.96. The zero-order chi connectivity index (χ0) is 15.9. The third kappa shape index (κ3) is 4.53. The summed E-state index contributed by atoms with van der Waals surface area (Å²) in [6.45, 7) is 4.28. The molecule has 1 heterocycles. The lowest BCUT2D eigenvalue weighted by Gasteiger charge is -2.04. The zero-order valence-electron chi connectivity index (χ0n) is 13.1. The second-order valence-corrected chi connectivity index (χ2v) is 6.22. The Morgan fingerprint density at radius 1 is 1.32 bits per heavy atom. The Kier molecular flexibility index (Phi) is 5.89. The molecule has 1 aromatic carbocycles. The Labute approximate surface area is 134 Å². The van der Waals surface area contributed by atoms with Crippen LogP contribution in [0.4, 0.5) is 5.13 Å². The molecule has 1 N–H and O–H groups in total. The van der Waals surface area contributed by atoms with E-state index in [2.05, 4.69) is 29.4 Å². The normalized spacial score (nSPS) is 12.0. The van der Waals surface area contributed by atoms with E-state index in [4.69, 9.17) is 4.74 Å². The highest BCUT2D eigenvalue weighted by Crippen LogP contribution is 2.26. The van der Waals surface area contributed by atoms with Gasteiger partial charge in [0.25, 0.3) is 0 Å². The molecular formula is C16H21N3O2S. The summed E-state index contributed by atoms with van der Waals surface area (Å²) in [5.41, 5.74) is 0.933. The fourth-order valence-electron chi connectivity index (χ4n) is 2.13. The minimum Gasteiger partial charge on any atom is -0.497 e. The lowest BCUT2D eigenvalue weighted by atomic mass is 10.1. The van der Waals surface area contributed by atoms with Crippen molar-refractivity contribution in [3.05, 3.63) is 34.8 Å². The summed E-state index contributed by atoms with van der Waals surface area (Å²) in [7, 11) is 1.62. The van der Waals surface area contributed by atoms with E-state index in [1.807, 2.05) is 24.3 Å². The molecule has 0 radical (unpaired) electrons. The van der Waals surface area contributed by atoms with Crippen LogP contribution in [0.25, 0.3) is 0 Å². The van der Waals surface area contributed by atoms with Crippen LogP contribution in [0.15, 0.2) is 24.3 Å². The number of carbonyl (C=O) groups is 1. The zero-order valence-corrected chi connectivity index (χ0v) is 13.9. The smallest absolute Gasteiger partial charge is 0.230 e. The van der Waals surface area contributed by atoms with Gasteiger partial charge in [-0.1, -0.05) is 43.7 Å². The second kappa shape index (κ2) is 7.89. The van der Waals surface area contributed by atoms with Crippen molar-refractivity contribution in [1.29, 1.82) is 0 Å². The molecule has 0 bridgehead atoms. The first-order valence-electron chi connectivity index (χ1n) is 7.38. The summed E-state index contributed by atoms with van der Waals surface area (Å²) in [5, 5.41) is 12.6. The third-order valence-electron chi connectivity index (χ3n) is 3.35. The van der Waals surface area contributed by atoms with Crippen molar-refractivity contribution >= 4 is 22.4 Å². The van der Waals surface area contributed by atoms with E-state index in [1.165, 1.54) is 11.3 Å². The standard InChI is InChI=1S/C16H21N3O2S/c1-4-5-11(2)15-18-19-16(22-15)17-14(20)10-12-6-8-13(21-3)9-7-12/h6-9,11H,4-5,10H2,1-3H3,(H,17,19,20)/t11-/m0/s1. The largest absolute Gasteiger partial charge is 0.497 e. The number of nitrogens with one attached hydrogen (secondary N) is 1. The molecule has 1 aromatic heterocycles. The number of benzene rings is 1. The van der Waals surface area contributed by atoms with Gasteiger partial charge in [-0.3, -0.25) is 4.79 Å². The van der Waals surface area contributed by atoms with Crippen molar-refractivity contribution in [3.8, 4) is 5.75 Å². The maximum absolute atomic E-state index is 12.0. The van der Waals surface area contributed by atoms with Gasteiger partial charge < -0.3 is 10.1 Å². The number of ether oxygens (including phenoxy) is 1. The molecule has 22 heavy (non-hydrogen) atoms. The van der Waals surface area contributed by atoms with Gasteiger partial charge in [0.15, 0.2) is 0 Å². The fourth-order valence-corrected chi connectivity index (χ4v) is 2.98. The van der Waals surface area contributed by atoms with Crippen LogP contribution in [0.5, 0.6) is 5.75 Å². The van der Waals surface area contributed by atoms with Crippen molar-refractivity contribution in [1.82, 2.24) is 10.2 Å². The Morgan fingerprint density at radius 2 is 2.05 bits per heavy atom. The summed E-state index contributed by atoms with van der Waals surface area (Å²) < 4.78 is 5.10.